The summed E-state index contributed by atoms with van der Waals surface area (Å²) in [6, 6.07) is 10.1. The van der Waals surface area contributed by atoms with Gasteiger partial charge in [0.25, 0.3) is 0 Å². The van der Waals surface area contributed by atoms with Gasteiger partial charge in [0.1, 0.15) is 22.8 Å². The number of pyridine rings is 2. The molecule has 0 aliphatic rings. The summed E-state index contributed by atoms with van der Waals surface area (Å²) in [6.07, 6.45) is 5.19. The normalized spacial score (nSPS) is 11.5. The van der Waals surface area contributed by atoms with Crippen molar-refractivity contribution in [1.82, 2.24) is 14.4 Å². The molecule has 0 atom stereocenters. The molecule has 4 aromatic heterocycles. The minimum atomic E-state index is -0.502. The highest BCUT2D eigenvalue weighted by atomic mass is 35.5. The number of halogens is 2. The van der Waals surface area contributed by atoms with Crippen LogP contribution >= 0.6 is 11.6 Å². The van der Waals surface area contributed by atoms with Gasteiger partial charge in [-0.15, -0.1) is 0 Å². The quantitative estimate of drug-likeness (QED) is 0.450. The number of fused-ring (bicyclic) bond motifs is 2. The van der Waals surface area contributed by atoms with Gasteiger partial charge in [-0.05, 0) is 29.8 Å². The molecule has 0 spiro atoms. The number of nitrogens with zero attached hydrogens (tertiary/aromatic N) is 3. The number of hydrogen-bond acceptors (Lipinski definition) is 5. The first-order valence-corrected chi connectivity index (χ1v) is 8.76. The van der Waals surface area contributed by atoms with Crippen LogP contribution in [0.2, 0.25) is 5.02 Å². The van der Waals surface area contributed by atoms with Crippen molar-refractivity contribution in [3.63, 3.8) is 0 Å². The molecule has 0 aliphatic heterocycles. The van der Waals surface area contributed by atoms with Crippen LogP contribution in [0.3, 0.4) is 0 Å². The number of hydrogen-bond donors (Lipinski definition) is 2. The summed E-state index contributed by atoms with van der Waals surface area (Å²) in [7, 11) is 0. The SMILES string of the molecule is Nc1oc2c(-c3cccc4nccn34)ncc(-c3ccc(F)c(Cl)c3)c2c1N. The molecule has 8 heteroatoms. The van der Waals surface area contributed by atoms with Crippen molar-refractivity contribution in [3.05, 3.63) is 65.8 Å². The van der Waals surface area contributed by atoms with Crippen LogP contribution in [-0.4, -0.2) is 14.4 Å². The second-order valence-corrected chi connectivity index (χ2v) is 6.71. The van der Waals surface area contributed by atoms with Crippen molar-refractivity contribution >= 4 is 39.8 Å². The fourth-order valence-electron chi connectivity index (χ4n) is 3.35. The Morgan fingerprint density at radius 1 is 1.11 bits per heavy atom. The van der Waals surface area contributed by atoms with E-state index in [0.29, 0.717) is 33.5 Å². The van der Waals surface area contributed by atoms with E-state index in [0.717, 1.165) is 11.3 Å². The number of benzene rings is 1. The second kappa shape index (κ2) is 5.97. The van der Waals surface area contributed by atoms with Gasteiger partial charge in [0, 0.05) is 24.2 Å². The Balaban J connectivity index is 1.84. The zero-order valence-electron chi connectivity index (χ0n) is 14.4. The highest BCUT2D eigenvalue weighted by molar-refractivity contribution is 6.31. The van der Waals surface area contributed by atoms with Gasteiger partial charge in [0.15, 0.2) is 5.58 Å². The summed E-state index contributed by atoms with van der Waals surface area (Å²) >= 11 is 5.95. The average molecular weight is 394 g/mol. The Hall–Kier alpha value is -3.58. The smallest absolute Gasteiger partial charge is 0.215 e. The van der Waals surface area contributed by atoms with E-state index in [2.05, 4.69) is 9.97 Å². The van der Waals surface area contributed by atoms with Crippen LogP contribution in [0.1, 0.15) is 0 Å². The summed E-state index contributed by atoms with van der Waals surface area (Å²) in [6.45, 7) is 0. The van der Waals surface area contributed by atoms with Crippen LogP contribution in [0.5, 0.6) is 0 Å². The standard InChI is InChI=1S/C20H13ClFN5O/c21-12-8-10(4-5-13(12)22)11-9-26-18(19-16(11)17(23)20(24)28-19)14-2-1-3-15-25-6-7-27(14)15/h1-9H,23-24H2. The second-order valence-electron chi connectivity index (χ2n) is 6.30. The van der Waals surface area contributed by atoms with Gasteiger partial charge in [0.2, 0.25) is 5.88 Å². The topological polar surface area (TPSA) is 95.4 Å². The Morgan fingerprint density at radius 3 is 2.79 bits per heavy atom. The molecule has 138 valence electrons. The maximum atomic E-state index is 13.6. The summed E-state index contributed by atoms with van der Waals surface area (Å²) in [5.41, 5.74) is 16.3. The maximum Gasteiger partial charge on any atom is 0.215 e. The third kappa shape index (κ3) is 2.33. The van der Waals surface area contributed by atoms with Crippen LogP contribution < -0.4 is 11.5 Å². The molecule has 0 unspecified atom stereocenters. The van der Waals surface area contributed by atoms with Crippen molar-refractivity contribution in [2.75, 3.05) is 11.5 Å². The first-order chi connectivity index (χ1) is 13.5. The first kappa shape index (κ1) is 16.6. The molecule has 6 nitrogen and oxygen atoms in total. The van der Waals surface area contributed by atoms with E-state index in [4.69, 9.17) is 27.5 Å². The van der Waals surface area contributed by atoms with Crippen LogP contribution in [-0.2, 0) is 0 Å². The van der Waals surface area contributed by atoms with Crippen LogP contribution in [0.25, 0.3) is 39.1 Å². The summed E-state index contributed by atoms with van der Waals surface area (Å²) in [4.78, 5) is 8.90. The van der Waals surface area contributed by atoms with Gasteiger partial charge in [-0.3, -0.25) is 9.38 Å². The molecule has 4 heterocycles. The molecule has 0 saturated heterocycles. The molecule has 4 N–H and O–H groups in total. The fourth-order valence-corrected chi connectivity index (χ4v) is 3.53. The van der Waals surface area contributed by atoms with Crippen molar-refractivity contribution in [2.45, 2.75) is 0 Å². The molecule has 5 aromatic rings. The number of anilines is 2. The van der Waals surface area contributed by atoms with Crippen molar-refractivity contribution in [2.24, 2.45) is 0 Å². The van der Waals surface area contributed by atoms with E-state index >= 15 is 0 Å². The lowest BCUT2D eigenvalue weighted by atomic mass is 10.0. The summed E-state index contributed by atoms with van der Waals surface area (Å²) in [5, 5.41) is 0.607. The van der Waals surface area contributed by atoms with Gasteiger partial charge >= 0.3 is 0 Å². The highest BCUT2D eigenvalue weighted by Crippen LogP contribution is 2.42. The zero-order valence-corrected chi connectivity index (χ0v) is 15.1. The first-order valence-electron chi connectivity index (χ1n) is 8.39. The fraction of sp³-hybridized carbons (Fsp3) is 0. The predicted octanol–water partition coefficient (Wildman–Crippen LogP) is 4.77. The molecular formula is C20H13ClFN5O. The Morgan fingerprint density at radius 2 is 1.96 bits per heavy atom. The van der Waals surface area contributed by atoms with E-state index in [-0.39, 0.29) is 10.9 Å². The predicted molar refractivity (Wildman–Crippen MR) is 107 cm³/mol. The van der Waals surface area contributed by atoms with E-state index in [1.807, 2.05) is 28.8 Å². The maximum absolute atomic E-state index is 13.6. The Kier molecular flexibility index (Phi) is 3.53. The lowest BCUT2D eigenvalue weighted by Crippen LogP contribution is -1.95. The van der Waals surface area contributed by atoms with Crippen molar-refractivity contribution in [3.8, 4) is 22.5 Å². The number of aromatic nitrogens is 3. The number of nitrogens with two attached hydrogens (primary N) is 2. The molecule has 5 rings (SSSR count). The molecule has 0 saturated carbocycles. The minimum absolute atomic E-state index is 0.00736. The molecule has 0 fully saturated rings. The third-order valence-electron chi connectivity index (χ3n) is 4.68. The Labute approximate surface area is 163 Å². The van der Waals surface area contributed by atoms with E-state index in [1.165, 1.54) is 12.1 Å². The molecule has 1 aromatic carbocycles. The zero-order chi connectivity index (χ0) is 19.4. The summed E-state index contributed by atoms with van der Waals surface area (Å²) < 4.78 is 21.3. The largest absolute Gasteiger partial charge is 0.436 e. The number of furan rings is 1. The number of nitrogen functional groups attached to an aromatic ring is 2. The molecule has 28 heavy (non-hydrogen) atoms. The minimum Gasteiger partial charge on any atom is -0.436 e. The van der Waals surface area contributed by atoms with Crippen LogP contribution in [0.15, 0.2) is 59.4 Å². The van der Waals surface area contributed by atoms with Crippen LogP contribution in [0, 0.1) is 5.82 Å². The van der Waals surface area contributed by atoms with Gasteiger partial charge in [0.05, 0.1) is 16.1 Å². The van der Waals surface area contributed by atoms with Crippen molar-refractivity contribution < 1.29 is 8.81 Å². The van der Waals surface area contributed by atoms with Gasteiger partial charge in [-0.1, -0.05) is 23.7 Å². The number of imidazole rings is 1. The highest BCUT2D eigenvalue weighted by Gasteiger charge is 2.21. The van der Waals surface area contributed by atoms with E-state index < -0.39 is 5.82 Å². The molecule has 0 bridgehead atoms. The molecule has 0 radical (unpaired) electrons. The average Bonchev–Trinajstić information content (AvgIpc) is 3.28. The number of rotatable bonds is 2. The van der Waals surface area contributed by atoms with E-state index in [9.17, 15) is 4.39 Å². The molecule has 0 amide bonds. The van der Waals surface area contributed by atoms with Crippen molar-refractivity contribution in [1.29, 1.82) is 0 Å². The summed E-state index contributed by atoms with van der Waals surface area (Å²) in [5.74, 6) is -0.408. The third-order valence-corrected chi connectivity index (χ3v) is 4.97. The molecular weight excluding hydrogens is 381 g/mol. The lowest BCUT2D eigenvalue weighted by Gasteiger charge is -2.09. The monoisotopic (exact) mass is 393 g/mol. The molecule has 0 aliphatic carbocycles. The Bertz CT molecular complexity index is 1370. The van der Waals surface area contributed by atoms with Gasteiger partial charge in [-0.25, -0.2) is 9.37 Å². The van der Waals surface area contributed by atoms with Gasteiger partial charge < -0.3 is 15.9 Å². The lowest BCUT2D eigenvalue weighted by molar-refractivity contribution is 0.628. The van der Waals surface area contributed by atoms with Gasteiger partial charge in [-0.2, -0.15) is 0 Å². The van der Waals surface area contributed by atoms with E-state index in [1.54, 1.807) is 18.5 Å². The van der Waals surface area contributed by atoms with Crippen LogP contribution in [0.4, 0.5) is 16.0 Å².